The van der Waals surface area contributed by atoms with Gasteiger partial charge >= 0.3 is 0 Å². The Labute approximate surface area is 114 Å². The number of carbonyl (C=O) groups excluding carboxylic acids is 1. The smallest absolute Gasteiger partial charge is 0.187 e. The Kier molecular flexibility index (Phi) is 4.56. The van der Waals surface area contributed by atoms with Crippen molar-refractivity contribution >= 4 is 33.5 Å². The molecule has 17 heavy (non-hydrogen) atoms. The first-order valence-electron chi connectivity index (χ1n) is 5.83. The van der Waals surface area contributed by atoms with Gasteiger partial charge in [0.2, 0.25) is 0 Å². The Hall–Kier alpha value is -0.420. The molecule has 1 fully saturated rings. The van der Waals surface area contributed by atoms with Crippen molar-refractivity contribution < 1.29 is 4.79 Å². The summed E-state index contributed by atoms with van der Waals surface area (Å²) in [6.07, 6.45) is 9.18. The minimum Gasteiger partial charge on any atom is -0.292 e. The Morgan fingerprint density at radius 1 is 1.41 bits per heavy atom. The van der Waals surface area contributed by atoms with Crippen LogP contribution >= 0.6 is 27.7 Å². The van der Waals surface area contributed by atoms with Gasteiger partial charge in [-0.15, -0.1) is 0 Å². The quantitative estimate of drug-likeness (QED) is 0.484. The monoisotopic (exact) mass is 314 g/mol. The molecule has 1 heterocycles. The second-order valence-corrected chi connectivity index (χ2v) is 5.88. The van der Waals surface area contributed by atoms with Crippen LogP contribution in [-0.4, -0.2) is 22.0 Å². The highest BCUT2D eigenvalue weighted by molar-refractivity contribution is 9.10. The topological polar surface area (TPSA) is 42.9 Å². The molecule has 0 N–H and O–H groups in total. The van der Waals surface area contributed by atoms with Crippen molar-refractivity contribution in [2.24, 2.45) is 5.92 Å². The first kappa shape index (κ1) is 13.0. The highest BCUT2D eigenvalue weighted by Crippen LogP contribution is 2.29. The molecule has 0 aromatic carbocycles. The van der Waals surface area contributed by atoms with Crippen molar-refractivity contribution in [2.45, 2.75) is 37.3 Å². The van der Waals surface area contributed by atoms with Crippen molar-refractivity contribution in [1.82, 2.24) is 9.97 Å². The predicted octanol–water partition coefficient (Wildman–Crippen LogP) is 3.72. The van der Waals surface area contributed by atoms with Crippen LogP contribution in [-0.2, 0) is 0 Å². The normalized spacial score (nSPS) is 17.1. The van der Waals surface area contributed by atoms with Gasteiger partial charge in [-0.1, -0.05) is 31.0 Å². The summed E-state index contributed by atoms with van der Waals surface area (Å²) in [5, 5.41) is 0.660. The zero-order valence-corrected chi connectivity index (χ0v) is 12.2. The van der Waals surface area contributed by atoms with Crippen LogP contribution in [0.4, 0.5) is 0 Å². The molecule has 1 aliphatic carbocycles. The fourth-order valence-corrected chi connectivity index (χ4v) is 2.91. The van der Waals surface area contributed by atoms with Gasteiger partial charge in [-0.3, -0.25) is 4.79 Å². The second-order valence-electron chi connectivity index (χ2n) is 4.25. The summed E-state index contributed by atoms with van der Waals surface area (Å²) in [5.41, 5.74) is 0.552. The number of aromatic nitrogens is 2. The van der Waals surface area contributed by atoms with E-state index in [1.807, 2.05) is 6.26 Å². The van der Waals surface area contributed by atoms with Crippen LogP contribution in [0.15, 0.2) is 15.8 Å². The third-order valence-corrected chi connectivity index (χ3v) is 4.26. The lowest BCUT2D eigenvalue weighted by Gasteiger charge is -2.20. The molecule has 0 unspecified atom stereocenters. The van der Waals surface area contributed by atoms with E-state index in [0.29, 0.717) is 15.3 Å². The van der Waals surface area contributed by atoms with Gasteiger partial charge in [0.1, 0.15) is 5.69 Å². The number of rotatable bonds is 3. The molecular weight excluding hydrogens is 300 g/mol. The van der Waals surface area contributed by atoms with Gasteiger partial charge in [0.15, 0.2) is 10.9 Å². The Bertz CT molecular complexity index is 419. The third-order valence-electron chi connectivity index (χ3n) is 3.11. The van der Waals surface area contributed by atoms with Gasteiger partial charge in [0, 0.05) is 12.1 Å². The highest BCUT2D eigenvalue weighted by Gasteiger charge is 2.25. The molecule has 0 bridgehead atoms. The van der Waals surface area contributed by atoms with Gasteiger partial charge in [0.25, 0.3) is 0 Å². The van der Waals surface area contributed by atoms with E-state index in [0.717, 1.165) is 25.7 Å². The average molecular weight is 315 g/mol. The average Bonchev–Trinajstić information content (AvgIpc) is 2.39. The molecule has 1 saturated carbocycles. The highest BCUT2D eigenvalue weighted by atomic mass is 79.9. The molecule has 0 atom stereocenters. The zero-order valence-electron chi connectivity index (χ0n) is 9.78. The number of hydrogen-bond acceptors (Lipinski definition) is 4. The standard InChI is InChI=1S/C12H15BrN2OS/c1-17-12-14-7-9(13)10(15-12)11(16)8-5-3-2-4-6-8/h7-8H,2-6H2,1H3. The number of Topliss-reactive ketones (excluding diaryl/α,β-unsaturated/α-hetero) is 1. The van der Waals surface area contributed by atoms with Crippen LogP contribution in [0, 0.1) is 5.92 Å². The summed E-state index contributed by atoms with van der Waals surface area (Å²) in [6.45, 7) is 0. The van der Waals surface area contributed by atoms with Crippen molar-refractivity contribution in [2.75, 3.05) is 6.26 Å². The summed E-state index contributed by atoms with van der Waals surface area (Å²) in [4.78, 5) is 20.8. The molecule has 92 valence electrons. The molecular formula is C12H15BrN2OS. The van der Waals surface area contributed by atoms with Gasteiger partial charge in [-0.2, -0.15) is 0 Å². The molecule has 1 aromatic rings. The third kappa shape index (κ3) is 3.07. The number of halogens is 1. The predicted molar refractivity (Wildman–Crippen MR) is 72.4 cm³/mol. The molecule has 3 nitrogen and oxygen atoms in total. The van der Waals surface area contributed by atoms with Crippen LogP contribution in [0.3, 0.4) is 0 Å². The SMILES string of the molecule is CSc1ncc(Br)c(C(=O)C2CCCCC2)n1. The van der Waals surface area contributed by atoms with Crippen LogP contribution in [0.2, 0.25) is 0 Å². The van der Waals surface area contributed by atoms with Crippen LogP contribution < -0.4 is 0 Å². The summed E-state index contributed by atoms with van der Waals surface area (Å²) in [7, 11) is 0. The molecule has 0 aliphatic heterocycles. The minimum atomic E-state index is 0.157. The summed E-state index contributed by atoms with van der Waals surface area (Å²) in [5.74, 6) is 0.332. The lowest BCUT2D eigenvalue weighted by Crippen LogP contribution is -2.19. The number of carbonyl (C=O) groups is 1. The Morgan fingerprint density at radius 3 is 2.76 bits per heavy atom. The maximum absolute atomic E-state index is 12.4. The summed E-state index contributed by atoms with van der Waals surface area (Å²) < 4.78 is 0.714. The first-order valence-corrected chi connectivity index (χ1v) is 7.85. The van der Waals surface area contributed by atoms with E-state index in [4.69, 9.17) is 0 Å². The minimum absolute atomic E-state index is 0.157. The molecule has 0 radical (unpaired) electrons. The summed E-state index contributed by atoms with van der Waals surface area (Å²) >= 11 is 4.83. The van der Waals surface area contributed by atoms with E-state index in [-0.39, 0.29) is 11.7 Å². The first-order chi connectivity index (χ1) is 8.22. The van der Waals surface area contributed by atoms with Crippen LogP contribution in [0.1, 0.15) is 42.6 Å². The molecule has 0 spiro atoms. The van der Waals surface area contributed by atoms with Gasteiger partial charge in [-0.25, -0.2) is 9.97 Å². The molecule has 1 aliphatic rings. The molecule has 1 aromatic heterocycles. The maximum atomic E-state index is 12.4. The Morgan fingerprint density at radius 2 is 2.12 bits per heavy atom. The fraction of sp³-hybridized carbons (Fsp3) is 0.583. The molecule has 5 heteroatoms. The molecule has 2 rings (SSSR count). The second kappa shape index (κ2) is 5.96. The largest absolute Gasteiger partial charge is 0.292 e. The van der Waals surface area contributed by atoms with Gasteiger partial charge < -0.3 is 0 Å². The number of hydrogen-bond donors (Lipinski definition) is 0. The van der Waals surface area contributed by atoms with Crippen LogP contribution in [0.5, 0.6) is 0 Å². The van der Waals surface area contributed by atoms with Crippen LogP contribution in [0.25, 0.3) is 0 Å². The van der Waals surface area contributed by atoms with Crippen molar-refractivity contribution in [3.8, 4) is 0 Å². The van der Waals surface area contributed by atoms with Crippen molar-refractivity contribution in [1.29, 1.82) is 0 Å². The Balaban J connectivity index is 2.22. The van der Waals surface area contributed by atoms with Gasteiger partial charge in [0.05, 0.1) is 4.47 Å². The number of ketones is 1. The van der Waals surface area contributed by atoms with E-state index in [2.05, 4.69) is 25.9 Å². The van der Waals surface area contributed by atoms with Gasteiger partial charge in [-0.05, 0) is 35.0 Å². The molecule has 0 amide bonds. The van der Waals surface area contributed by atoms with E-state index in [1.165, 1.54) is 18.2 Å². The van der Waals surface area contributed by atoms with Crippen molar-refractivity contribution in [3.05, 3.63) is 16.4 Å². The lowest BCUT2D eigenvalue weighted by atomic mass is 9.85. The zero-order chi connectivity index (χ0) is 12.3. The van der Waals surface area contributed by atoms with E-state index < -0.39 is 0 Å². The fourth-order valence-electron chi connectivity index (χ4n) is 2.18. The molecule has 0 saturated heterocycles. The summed E-state index contributed by atoms with van der Waals surface area (Å²) in [6, 6.07) is 0. The van der Waals surface area contributed by atoms with Crippen molar-refractivity contribution in [3.63, 3.8) is 0 Å². The maximum Gasteiger partial charge on any atom is 0.187 e. The number of thioether (sulfide) groups is 1. The number of nitrogens with zero attached hydrogens (tertiary/aromatic N) is 2. The lowest BCUT2D eigenvalue weighted by molar-refractivity contribution is 0.0882. The van der Waals surface area contributed by atoms with E-state index in [1.54, 1.807) is 6.20 Å². The van der Waals surface area contributed by atoms with E-state index >= 15 is 0 Å². The van der Waals surface area contributed by atoms with E-state index in [9.17, 15) is 4.79 Å².